The largest absolute Gasteiger partial charge is 0.395 e. The van der Waals surface area contributed by atoms with Gasteiger partial charge in [-0.1, -0.05) is 0 Å². The minimum Gasteiger partial charge on any atom is -0.395 e. The first-order chi connectivity index (χ1) is 8.02. The highest BCUT2D eigenvalue weighted by Crippen LogP contribution is 2.28. The second-order valence-corrected chi connectivity index (χ2v) is 3.91. The number of hydrogen-bond acceptors (Lipinski definition) is 7. The highest BCUT2D eigenvalue weighted by molar-refractivity contribution is 5.55. The first-order valence-corrected chi connectivity index (χ1v) is 5.11. The summed E-state index contributed by atoms with van der Waals surface area (Å²) in [5.41, 5.74) is 10.4. The zero-order chi connectivity index (χ0) is 12.6. The topological polar surface area (TPSA) is 137 Å². The van der Waals surface area contributed by atoms with Crippen LogP contribution in [0.3, 0.4) is 0 Å². The molecule has 1 unspecified atom stereocenters. The average molecular weight is 242 g/mol. The molecule has 0 amide bonds. The molecule has 17 heavy (non-hydrogen) atoms. The molecular formula is C9H14N4O4. The van der Waals surface area contributed by atoms with E-state index in [1.54, 1.807) is 0 Å². The monoisotopic (exact) mass is 242 g/mol. The van der Waals surface area contributed by atoms with Crippen LogP contribution in [0.15, 0.2) is 11.0 Å². The molecule has 0 radical (unpaired) electrons. The fraction of sp³-hybridized carbons (Fsp3) is 0.556. The second-order valence-electron chi connectivity index (χ2n) is 3.91. The molecular weight excluding hydrogens is 228 g/mol. The van der Waals surface area contributed by atoms with E-state index in [0.717, 1.165) is 4.57 Å². The average Bonchev–Trinajstić information content (AvgIpc) is 2.65. The Kier molecular flexibility index (Phi) is 3.01. The van der Waals surface area contributed by atoms with Gasteiger partial charge in [-0.15, -0.1) is 0 Å². The van der Waals surface area contributed by atoms with E-state index >= 15 is 0 Å². The van der Waals surface area contributed by atoms with Crippen LogP contribution in [0.25, 0.3) is 0 Å². The van der Waals surface area contributed by atoms with Gasteiger partial charge in [-0.25, -0.2) is 4.79 Å². The van der Waals surface area contributed by atoms with Crippen molar-refractivity contribution in [3.63, 3.8) is 0 Å². The summed E-state index contributed by atoms with van der Waals surface area (Å²) in [7, 11) is 0. The number of ether oxygens (including phenoxy) is 1. The van der Waals surface area contributed by atoms with E-state index in [1.807, 2.05) is 0 Å². The summed E-state index contributed by atoms with van der Waals surface area (Å²) in [5, 5.41) is 18.7. The number of nitrogens with two attached hydrogens (primary N) is 2. The van der Waals surface area contributed by atoms with E-state index in [2.05, 4.69) is 4.98 Å². The molecule has 1 aromatic rings. The lowest BCUT2D eigenvalue weighted by molar-refractivity contribution is -0.0528. The first kappa shape index (κ1) is 11.8. The molecule has 2 heterocycles. The predicted octanol–water partition coefficient (Wildman–Crippen LogP) is -1.95. The van der Waals surface area contributed by atoms with Gasteiger partial charge in [0, 0.05) is 12.6 Å². The SMILES string of the molecule is Nc1cn([C@@H]2O[C@H](CO)CC2O)c(=O)nc1N. The number of hydrogen-bond donors (Lipinski definition) is 4. The van der Waals surface area contributed by atoms with Crippen LogP contribution in [-0.2, 0) is 4.74 Å². The van der Waals surface area contributed by atoms with Gasteiger partial charge >= 0.3 is 5.69 Å². The Labute approximate surface area is 96.4 Å². The highest BCUT2D eigenvalue weighted by atomic mass is 16.5. The molecule has 0 spiro atoms. The number of anilines is 2. The van der Waals surface area contributed by atoms with Crippen LogP contribution in [0.4, 0.5) is 11.5 Å². The summed E-state index contributed by atoms with van der Waals surface area (Å²) >= 11 is 0. The number of nitrogens with zero attached hydrogens (tertiary/aromatic N) is 2. The summed E-state index contributed by atoms with van der Waals surface area (Å²) in [4.78, 5) is 15.1. The molecule has 1 aliphatic heterocycles. The van der Waals surface area contributed by atoms with Gasteiger partial charge in [-0.3, -0.25) is 4.57 Å². The van der Waals surface area contributed by atoms with Crippen LogP contribution in [-0.4, -0.2) is 38.6 Å². The summed E-state index contributed by atoms with van der Waals surface area (Å²) in [6, 6.07) is 0. The van der Waals surface area contributed by atoms with Crippen LogP contribution < -0.4 is 17.2 Å². The number of nitrogen functional groups attached to an aromatic ring is 2. The van der Waals surface area contributed by atoms with Crippen LogP contribution in [0, 0.1) is 0 Å². The minimum atomic E-state index is -0.894. The van der Waals surface area contributed by atoms with Crippen molar-refractivity contribution in [3.05, 3.63) is 16.7 Å². The van der Waals surface area contributed by atoms with Crippen molar-refractivity contribution in [1.29, 1.82) is 0 Å². The van der Waals surface area contributed by atoms with Gasteiger partial charge < -0.3 is 26.4 Å². The van der Waals surface area contributed by atoms with E-state index in [4.69, 9.17) is 21.3 Å². The van der Waals surface area contributed by atoms with Crippen molar-refractivity contribution in [3.8, 4) is 0 Å². The van der Waals surface area contributed by atoms with Crippen LogP contribution in [0.1, 0.15) is 12.6 Å². The second kappa shape index (κ2) is 4.32. The number of aromatic nitrogens is 2. The maximum absolute atomic E-state index is 11.6. The molecule has 0 aromatic carbocycles. The molecule has 2 rings (SSSR count). The van der Waals surface area contributed by atoms with Gasteiger partial charge in [0.25, 0.3) is 0 Å². The van der Waals surface area contributed by atoms with Crippen molar-refractivity contribution >= 4 is 11.5 Å². The van der Waals surface area contributed by atoms with Gasteiger partial charge in [0.05, 0.1) is 18.4 Å². The Hall–Kier alpha value is -1.64. The van der Waals surface area contributed by atoms with Gasteiger partial charge in [0.2, 0.25) is 0 Å². The Balaban J connectivity index is 2.35. The lowest BCUT2D eigenvalue weighted by atomic mass is 10.2. The molecule has 1 fully saturated rings. The van der Waals surface area contributed by atoms with Gasteiger partial charge in [0.15, 0.2) is 12.0 Å². The first-order valence-electron chi connectivity index (χ1n) is 5.11. The Morgan fingerprint density at radius 3 is 2.88 bits per heavy atom. The number of aliphatic hydroxyl groups excluding tert-OH is 2. The normalized spacial score (nSPS) is 28.5. The summed E-state index contributed by atoms with van der Waals surface area (Å²) in [5.74, 6) is -0.0579. The fourth-order valence-corrected chi connectivity index (χ4v) is 1.78. The van der Waals surface area contributed by atoms with Crippen molar-refractivity contribution in [2.24, 2.45) is 0 Å². The van der Waals surface area contributed by atoms with E-state index in [9.17, 15) is 9.90 Å². The van der Waals surface area contributed by atoms with Crippen LogP contribution >= 0.6 is 0 Å². The number of aliphatic hydroxyl groups is 2. The zero-order valence-corrected chi connectivity index (χ0v) is 8.98. The zero-order valence-electron chi connectivity index (χ0n) is 8.98. The minimum absolute atomic E-state index is 0.0579. The molecule has 3 atom stereocenters. The molecule has 8 heteroatoms. The molecule has 94 valence electrons. The number of rotatable bonds is 2. The predicted molar refractivity (Wildman–Crippen MR) is 58.9 cm³/mol. The van der Waals surface area contributed by atoms with Gasteiger partial charge in [-0.05, 0) is 0 Å². The third-order valence-corrected chi connectivity index (χ3v) is 2.65. The third kappa shape index (κ3) is 2.09. The van der Waals surface area contributed by atoms with Gasteiger partial charge in [-0.2, -0.15) is 4.98 Å². The molecule has 0 aliphatic carbocycles. The Bertz CT molecular complexity index is 475. The van der Waals surface area contributed by atoms with Crippen LogP contribution in [0.5, 0.6) is 0 Å². The Morgan fingerprint density at radius 2 is 2.29 bits per heavy atom. The fourth-order valence-electron chi connectivity index (χ4n) is 1.78. The van der Waals surface area contributed by atoms with E-state index < -0.39 is 24.1 Å². The molecule has 0 bridgehead atoms. The summed E-state index contributed by atoms with van der Waals surface area (Å²) in [6.45, 7) is -0.222. The summed E-state index contributed by atoms with van der Waals surface area (Å²) < 4.78 is 6.39. The van der Waals surface area contributed by atoms with Crippen molar-refractivity contribution in [1.82, 2.24) is 9.55 Å². The molecule has 8 nitrogen and oxygen atoms in total. The van der Waals surface area contributed by atoms with Crippen LogP contribution in [0.2, 0.25) is 0 Å². The maximum Gasteiger partial charge on any atom is 0.351 e. The van der Waals surface area contributed by atoms with Crippen molar-refractivity contribution in [2.45, 2.75) is 24.9 Å². The van der Waals surface area contributed by atoms with Crippen molar-refractivity contribution < 1.29 is 14.9 Å². The lowest BCUT2D eigenvalue weighted by Crippen LogP contribution is -2.32. The Morgan fingerprint density at radius 1 is 1.59 bits per heavy atom. The molecule has 0 saturated carbocycles. The highest BCUT2D eigenvalue weighted by Gasteiger charge is 2.35. The lowest BCUT2D eigenvalue weighted by Gasteiger charge is -2.17. The third-order valence-electron chi connectivity index (χ3n) is 2.65. The van der Waals surface area contributed by atoms with E-state index in [1.165, 1.54) is 6.20 Å². The molecule has 1 aromatic heterocycles. The maximum atomic E-state index is 11.6. The van der Waals surface area contributed by atoms with E-state index in [0.29, 0.717) is 0 Å². The van der Waals surface area contributed by atoms with Crippen molar-refractivity contribution in [2.75, 3.05) is 18.1 Å². The van der Waals surface area contributed by atoms with Gasteiger partial charge in [0.1, 0.15) is 6.10 Å². The molecule has 1 saturated heterocycles. The van der Waals surface area contributed by atoms with E-state index in [-0.39, 0.29) is 24.5 Å². The standard InChI is InChI=1S/C9H14N4O4/c10-5-2-13(9(16)12-7(5)11)8-6(15)1-4(3-14)17-8/h2,4,6,8,14-15H,1,3,10H2,(H2,11,12,16)/t4-,6?,8+/m0/s1. The molecule has 6 N–H and O–H groups in total. The summed E-state index contributed by atoms with van der Waals surface area (Å²) in [6.07, 6.45) is -0.763. The molecule has 1 aliphatic rings. The quantitative estimate of drug-likeness (QED) is 0.473. The smallest absolute Gasteiger partial charge is 0.351 e.